The van der Waals surface area contributed by atoms with Crippen LogP contribution in [0.5, 0.6) is 17.2 Å². The third-order valence-electron chi connectivity index (χ3n) is 4.94. The molecule has 2 aromatic carbocycles. The van der Waals surface area contributed by atoms with Crippen LogP contribution in [0, 0.1) is 0 Å². The molecular weight excluding hydrogens is 304 g/mol. The molecule has 0 aliphatic carbocycles. The summed E-state index contributed by atoms with van der Waals surface area (Å²) in [4.78, 5) is 0. The van der Waals surface area contributed by atoms with E-state index < -0.39 is 0 Å². The second-order valence-electron chi connectivity index (χ2n) is 6.89. The van der Waals surface area contributed by atoms with E-state index in [9.17, 15) is 5.11 Å². The Kier molecular flexibility index (Phi) is 3.46. The Hall–Kier alpha value is -2.20. The van der Waals surface area contributed by atoms with Crippen LogP contribution in [-0.4, -0.2) is 24.9 Å². The van der Waals surface area contributed by atoms with Crippen LogP contribution in [0.15, 0.2) is 30.4 Å². The van der Waals surface area contributed by atoms with Crippen LogP contribution in [0.25, 0.3) is 10.8 Å². The van der Waals surface area contributed by atoms with Crippen molar-refractivity contribution in [1.82, 2.24) is 0 Å². The van der Waals surface area contributed by atoms with Gasteiger partial charge in [-0.15, -0.1) is 0 Å². The number of aromatic hydroxyl groups is 1. The molecule has 2 heterocycles. The first-order chi connectivity index (χ1) is 11.5. The highest BCUT2D eigenvalue weighted by atomic mass is 16.6. The van der Waals surface area contributed by atoms with E-state index in [0.29, 0.717) is 18.1 Å². The fraction of sp³-hybridized carbons (Fsp3) is 0.400. The number of ether oxygens (including phenoxy) is 3. The molecule has 0 bridgehead atoms. The summed E-state index contributed by atoms with van der Waals surface area (Å²) in [6, 6.07) is 5.94. The summed E-state index contributed by atoms with van der Waals surface area (Å²) in [5.74, 6) is 1.72. The van der Waals surface area contributed by atoms with Gasteiger partial charge in [-0.25, -0.2) is 0 Å². The zero-order chi connectivity index (χ0) is 17.0. The van der Waals surface area contributed by atoms with Crippen molar-refractivity contribution >= 4 is 10.8 Å². The monoisotopic (exact) mass is 326 g/mol. The Morgan fingerprint density at radius 3 is 2.83 bits per heavy atom. The third-order valence-corrected chi connectivity index (χ3v) is 4.94. The maximum Gasteiger partial charge on any atom is 0.170 e. The fourth-order valence-corrected chi connectivity index (χ4v) is 3.91. The lowest BCUT2D eigenvalue weighted by Gasteiger charge is -2.38. The maximum atomic E-state index is 10.8. The molecule has 2 atom stereocenters. The maximum absolute atomic E-state index is 10.8. The van der Waals surface area contributed by atoms with Gasteiger partial charge in [0.1, 0.15) is 18.0 Å². The Bertz CT molecular complexity index is 837. The molecule has 1 saturated heterocycles. The average Bonchev–Trinajstić information content (AvgIpc) is 2.56. The van der Waals surface area contributed by atoms with E-state index in [1.807, 2.05) is 32.0 Å². The molecule has 2 aromatic rings. The van der Waals surface area contributed by atoms with Crippen molar-refractivity contribution in [2.75, 3.05) is 13.7 Å². The molecule has 4 rings (SSSR count). The normalized spacial score (nSPS) is 22.4. The number of hydrogen-bond acceptors (Lipinski definition) is 4. The Balaban J connectivity index is 2.05. The highest BCUT2D eigenvalue weighted by molar-refractivity contribution is 6.00. The molecule has 2 aliphatic heterocycles. The smallest absolute Gasteiger partial charge is 0.170 e. The summed E-state index contributed by atoms with van der Waals surface area (Å²) in [6.07, 6.45) is 0.519. The van der Waals surface area contributed by atoms with Gasteiger partial charge >= 0.3 is 0 Å². The van der Waals surface area contributed by atoms with Crippen molar-refractivity contribution in [2.45, 2.75) is 38.4 Å². The van der Waals surface area contributed by atoms with Crippen LogP contribution >= 0.6 is 0 Å². The molecular formula is C20H22O4. The van der Waals surface area contributed by atoms with Gasteiger partial charge in [0.25, 0.3) is 0 Å². The van der Waals surface area contributed by atoms with Crippen molar-refractivity contribution < 1.29 is 19.3 Å². The predicted octanol–water partition coefficient (Wildman–Crippen LogP) is 4.46. The molecule has 2 aliphatic rings. The van der Waals surface area contributed by atoms with E-state index >= 15 is 0 Å². The number of rotatable bonds is 2. The van der Waals surface area contributed by atoms with Crippen molar-refractivity contribution in [1.29, 1.82) is 0 Å². The minimum absolute atomic E-state index is 0.109. The molecule has 1 N–H and O–H groups in total. The van der Waals surface area contributed by atoms with Gasteiger partial charge in [0.15, 0.2) is 11.5 Å². The van der Waals surface area contributed by atoms with Gasteiger partial charge in [-0.05, 0) is 17.1 Å². The van der Waals surface area contributed by atoms with Crippen LogP contribution < -0.4 is 9.47 Å². The van der Waals surface area contributed by atoms with Crippen LogP contribution in [0.3, 0.4) is 0 Å². The lowest BCUT2D eigenvalue weighted by Crippen LogP contribution is -2.35. The van der Waals surface area contributed by atoms with Gasteiger partial charge in [0.2, 0.25) is 0 Å². The summed E-state index contributed by atoms with van der Waals surface area (Å²) < 4.78 is 18.0. The number of phenolic OH excluding ortho intramolecular Hbond substituents is 1. The van der Waals surface area contributed by atoms with E-state index in [1.54, 1.807) is 7.11 Å². The zero-order valence-electron chi connectivity index (χ0n) is 14.3. The first-order valence-corrected chi connectivity index (χ1v) is 8.33. The molecule has 0 saturated carbocycles. The summed E-state index contributed by atoms with van der Waals surface area (Å²) in [5.41, 5.74) is 2.87. The van der Waals surface area contributed by atoms with Crippen LogP contribution in [0.2, 0.25) is 0 Å². The average molecular weight is 326 g/mol. The van der Waals surface area contributed by atoms with Gasteiger partial charge in [0.05, 0.1) is 13.7 Å². The van der Waals surface area contributed by atoms with Gasteiger partial charge in [-0.2, -0.15) is 0 Å². The number of benzene rings is 2. The van der Waals surface area contributed by atoms with Gasteiger partial charge in [0, 0.05) is 22.8 Å². The number of fused-ring (bicyclic) bond motifs is 2. The van der Waals surface area contributed by atoms with Crippen LogP contribution in [0.4, 0.5) is 0 Å². The molecule has 24 heavy (non-hydrogen) atoms. The predicted molar refractivity (Wildman–Crippen MR) is 93.1 cm³/mol. The van der Waals surface area contributed by atoms with Crippen molar-refractivity contribution in [3.05, 3.63) is 41.5 Å². The van der Waals surface area contributed by atoms with Crippen molar-refractivity contribution in [3.8, 4) is 17.2 Å². The molecule has 4 heteroatoms. The largest absolute Gasteiger partial charge is 0.507 e. The second-order valence-corrected chi connectivity index (χ2v) is 6.89. The molecule has 4 nitrogen and oxygen atoms in total. The summed E-state index contributed by atoms with van der Waals surface area (Å²) in [6.45, 7) is 8.66. The standard InChI is InChI=1S/C20H22O4/c1-10(2)15-17(21)12-6-5-7-13-16(12)20(19(15)22-4)24-14-8-11(3)9-23-18(13)14/h5-7,10,14,18,21H,3,8-9H2,1-2,4H3. The first kappa shape index (κ1) is 15.3. The summed E-state index contributed by atoms with van der Waals surface area (Å²) in [7, 11) is 1.62. The quantitative estimate of drug-likeness (QED) is 0.828. The third kappa shape index (κ3) is 2.02. The Morgan fingerprint density at radius 1 is 1.33 bits per heavy atom. The number of hydrogen-bond donors (Lipinski definition) is 1. The Labute approximate surface area is 141 Å². The summed E-state index contributed by atoms with van der Waals surface area (Å²) in [5, 5.41) is 12.5. The van der Waals surface area contributed by atoms with E-state index in [1.165, 1.54) is 0 Å². The molecule has 0 amide bonds. The fourth-order valence-electron chi connectivity index (χ4n) is 3.91. The molecule has 0 aromatic heterocycles. The molecule has 1 fully saturated rings. The van der Waals surface area contributed by atoms with E-state index in [0.717, 1.165) is 33.9 Å². The van der Waals surface area contributed by atoms with Gasteiger partial charge in [-0.3, -0.25) is 0 Å². The minimum atomic E-state index is -0.138. The molecule has 2 unspecified atom stereocenters. The topological polar surface area (TPSA) is 47.9 Å². The Morgan fingerprint density at radius 2 is 2.12 bits per heavy atom. The van der Waals surface area contributed by atoms with E-state index in [4.69, 9.17) is 14.2 Å². The van der Waals surface area contributed by atoms with Gasteiger partial charge in [-0.1, -0.05) is 38.6 Å². The summed E-state index contributed by atoms with van der Waals surface area (Å²) >= 11 is 0. The lowest BCUT2D eigenvalue weighted by atomic mass is 9.86. The van der Waals surface area contributed by atoms with Crippen LogP contribution in [0.1, 0.15) is 43.4 Å². The van der Waals surface area contributed by atoms with Gasteiger partial charge < -0.3 is 19.3 Å². The van der Waals surface area contributed by atoms with E-state index in [-0.39, 0.29) is 23.9 Å². The molecule has 0 spiro atoms. The first-order valence-electron chi connectivity index (χ1n) is 8.33. The molecule has 0 radical (unpaired) electrons. The van der Waals surface area contributed by atoms with Crippen LogP contribution in [-0.2, 0) is 4.74 Å². The second kappa shape index (κ2) is 5.42. The zero-order valence-corrected chi connectivity index (χ0v) is 14.3. The van der Waals surface area contributed by atoms with Crippen molar-refractivity contribution in [2.24, 2.45) is 0 Å². The lowest BCUT2D eigenvalue weighted by molar-refractivity contribution is -0.0458. The van der Waals surface area contributed by atoms with E-state index in [2.05, 4.69) is 6.58 Å². The number of methoxy groups -OCH3 is 1. The SMILES string of the molecule is C=C1COC2c3cccc4c(O)c(C(C)C)c(OC)c(c34)OC2C1. The number of phenols is 1. The highest BCUT2D eigenvalue weighted by Crippen LogP contribution is 2.54. The highest BCUT2D eigenvalue weighted by Gasteiger charge is 2.39. The minimum Gasteiger partial charge on any atom is -0.507 e. The molecule has 126 valence electrons. The van der Waals surface area contributed by atoms with Crippen molar-refractivity contribution in [3.63, 3.8) is 0 Å².